The Hall–Kier alpha value is -0.420. The highest BCUT2D eigenvalue weighted by Crippen LogP contribution is 2.28. The third kappa shape index (κ3) is 6.17. The quantitative estimate of drug-likeness (QED) is 0.698. The second-order valence-corrected chi connectivity index (χ2v) is 6.64. The molecule has 17 heavy (non-hydrogen) atoms. The van der Waals surface area contributed by atoms with Gasteiger partial charge >= 0.3 is 0 Å². The average Bonchev–Trinajstić information content (AvgIpc) is 2.24. The van der Waals surface area contributed by atoms with E-state index in [4.69, 9.17) is 5.73 Å². The summed E-state index contributed by atoms with van der Waals surface area (Å²) in [6.45, 7) is 0.606. The maximum absolute atomic E-state index is 11.7. The standard InChI is InChI=1S/C12H24N2O2S/c1-17(16)9-5-8-14-11(15)10-12(13)6-3-2-4-7-12/h2-10,13H2,1H3,(H,14,15). The van der Waals surface area contributed by atoms with Gasteiger partial charge in [0.05, 0.1) is 0 Å². The maximum Gasteiger partial charge on any atom is 0.221 e. The third-order valence-corrected chi connectivity index (χ3v) is 4.16. The van der Waals surface area contributed by atoms with Crippen molar-refractivity contribution in [2.75, 3.05) is 18.6 Å². The molecule has 0 aromatic carbocycles. The van der Waals surface area contributed by atoms with E-state index >= 15 is 0 Å². The molecule has 0 aliphatic heterocycles. The van der Waals surface area contributed by atoms with E-state index in [1.807, 2.05) is 0 Å². The SMILES string of the molecule is CS(=O)CCCNC(=O)CC1(N)CCCCC1. The molecule has 1 fully saturated rings. The maximum atomic E-state index is 11.7. The summed E-state index contributed by atoms with van der Waals surface area (Å²) in [5.74, 6) is 0.685. The number of amides is 1. The van der Waals surface area contributed by atoms with Crippen LogP contribution in [0.1, 0.15) is 44.9 Å². The molecule has 0 heterocycles. The van der Waals surface area contributed by atoms with Gasteiger partial charge in [-0.15, -0.1) is 0 Å². The normalized spacial score (nSPS) is 20.8. The van der Waals surface area contributed by atoms with Gasteiger partial charge in [-0.1, -0.05) is 19.3 Å². The fourth-order valence-corrected chi connectivity index (χ4v) is 2.87. The molecule has 1 aliphatic rings. The van der Waals surface area contributed by atoms with Gasteiger partial charge in [0, 0.05) is 41.3 Å². The molecule has 0 spiro atoms. The topological polar surface area (TPSA) is 72.2 Å². The molecule has 0 bridgehead atoms. The Morgan fingerprint density at radius 1 is 1.35 bits per heavy atom. The first-order valence-corrected chi connectivity index (χ1v) is 8.10. The minimum absolute atomic E-state index is 0.0382. The van der Waals surface area contributed by atoms with Crippen LogP contribution in [0.2, 0.25) is 0 Å². The fourth-order valence-electron chi connectivity index (χ4n) is 2.32. The molecule has 1 atom stereocenters. The summed E-state index contributed by atoms with van der Waals surface area (Å²) >= 11 is 0. The predicted octanol–water partition coefficient (Wildman–Crippen LogP) is 0.923. The van der Waals surface area contributed by atoms with Crippen molar-refractivity contribution in [2.45, 2.75) is 50.5 Å². The zero-order valence-corrected chi connectivity index (χ0v) is 11.5. The van der Waals surface area contributed by atoms with Gasteiger partial charge in [0.15, 0.2) is 0 Å². The van der Waals surface area contributed by atoms with Crippen molar-refractivity contribution in [3.63, 3.8) is 0 Å². The van der Waals surface area contributed by atoms with Crippen LogP contribution in [0.3, 0.4) is 0 Å². The largest absolute Gasteiger partial charge is 0.356 e. The molecule has 1 unspecified atom stereocenters. The minimum atomic E-state index is -0.771. The van der Waals surface area contributed by atoms with Crippen molar-refractivity contribution < 1.29 is 9.00 Å². The highest BCUT2D eigenvalue weighted by Gasteiger charge is 2.29. The Balaban J connectivity index is 2.17. The van der Waals surface area contributed by atoms with Crippen molar-refractivity contribution in [2.24, 2.45) is 5.73 Å². The van der Waals surface area contributed by atoms with Crippen molar-refractivity contribution >= 4 is 16.7 Å². The Morgan fingerprint density at radius 3 is 2.59 bits per heavy atom. The van der Waals surface area contributed by atoms with E-state index in [1.165, 1.54) is 6.42 Å². The molecule has 5 heteroatoms. The number of carbonyl (C=O) groups excluding carboxylic acids is 1. The molecule has 1 rings (SSSR count). The third-order valence-electron chi connectivity index (χ3n) is 3.29. The summed E-state index contributed by atoms with van der Waals surface area (Å²) in [4.78, 5) is 11.7. The molecular weight excluding hydrogens is 236 g/mol. The van der Waals surface area contributed by atoms with E-state index in [0.717, 1.165) is 32.1 Å². The molecule has 100 valence electrons. The van der Waals surface area contributed by atoms with Crippen LogP contribution in [-0.2, 0) is 15.6 Å². The Kier molecular flexibility index (Phi) is 6.12. The van der Waals surface area contributed by atoms with E-state index in [-0.39, 0.29) is 11.4 Å². The number of rotatable bonds is 6. The number of hydrogen-bond acceptors (Lipinski definition) is 3. The van der Waals surface area contributed by atoms with E-state index in [0.29, 0.717) is 18.7 Å². The first-order valence-electron chi connectivity index (χ1n) is 6.37. The molecule has 0 aromatic rings. The molecule has 4 nitrogen and oxygen atoms in total. The van der Waals surface area contributed by atoms with Gasteiger partial charge < -0.3 is 11.1 Å². The predicted molar refractivity (Wildman–Crippen MR) is 71.2 cm³/mol. The zero-order valence-electron chi connectivity index (χ0n) is 10.7. The average molecular weight is 260 g/mol. The lowest BCUT2D eigenvalue weighted by atomic mass is 9.80. The lowest BCUT2D eigenvalue weighted by molar-refractivity contribution is -0.122. The van der Waals surface area contributed by atoms with E-state index in [2.05, 4.69) is 5.32 Å². The second-order valence-electron chi connectivity index (χ2n) is 5.08. The number of hydrogen-bond donors (Lipinski definition) is 2. The molecule has 0 saturated heterocycles. The molecule has 1 aliphatic carbocycles. The Morgan fingerprint density at radius 2 is 2.00 bits per heavy atom. The fraction of sp³-hybridized carbons (Fsp3) is 0.917. The molecular formula is C12H24N2O2S. The Bertz CT molecular complexity index is 276. The number of nitrogens with one attached hydrogen (secondary N) is 1. The van der Waals surface area contributed by atoms with Crippen molar-refractivity contribution in [3.05, 3.63) is 0 Å². The summed E-state index contributed by atoms with van der Waals surface area (Å²) in [6, 6.07) is 0. The summed E-state index contributed by atoms with van der Waals surface area (Å²) < 4.78 is 10.8. The van der Waals surface area contributed by atoms with E-state index in [1.54, 1.807) is 6.26 Å². The smallest absolute Gasteiger partial charge is 0.221 e. The van der Waals surface area contributed by atoms with Crippen molar-refractivity contribution in [3.8, 4) is 0 Å². The molecule has 1 saturated carbocycles. The van der Waals surface area contributed by atoms with Crippen LogP contribution in [0.15, 0.2) is 0 Å². The van der Waals surface area contributed by atoms with Gasteiger partial charge in [-0.3, -0.25) is 9.00 Å². The first kappa shape index (κ1) is 14.6. The van der Waals surface area contributed by atoms with E-state index < -0.39 is 10.8 Å². The lowest BCUT2D eigenvalue weighted by Gasteiger charge is -2.32. The van der Waals surface area contributed by atoms with Crippen LogP contribution < -0.4 is 11.1 Å². The summed E-state index contributed by atoms with van der Waals surface area (Å²) in [5.41, 5.74) is 5.92. The highest BCUT2D eigenvalue weighted by molar-refractivity contribution is 7.84. The summed E-state index contributed by atoms with van der Waals surface area (Å²) in [5, 5.41) is 2.86. The zero-order chi connectivity index (χ0) is 12.7. The first-order chi connectivity index (χ1) is 8.02. The van der Waals surface area contributed by atoms with Crippen LogP contribution in [-0.4, -0.2) is 34.2 Å². The lowest BCUT2D eigenvalue weighted by Crippen LogP contribution is -2.46. The van der Waals surface area contributed by atoms with Gasteiger partial charge in [-0.25, -0.2) is 0 Å². The van der Waals surface area contributed by atoms with Crippen LogP contribution in [0.4, 0.5) is 0 Å². The van der Waals surface area contributed by atoms with Gasteiger partial charge in [0.2, 0.25) is 5.91 Å². The van der Waals surface area contributed by atoms with Crippen molar-refractivity contribution in [1.29, 1.82) is 0 Å². The molecule has 1 amide bonds. The monoisotopic (exact) mass is 260 g/mol. The summed E-state index contributed by atoms with van der Waals surface area (Å²) in [7, 11) is -0.771. The Labute approximate surface area is 106 Å². The van der Waals surface area contributed by atoms with Gasteiger partial charge in [0.25, 0.3) is 0 Å². The van der Waals surface area contributed by atoms with Crippen LogP contribution in [0, 0.1) is 0 Å². The summed E-state index contributed by atoms with van der Waals surface area (Å²) in [6.07, 6.45) is 8.31. The number of carbonyl (C=O) groups is 1. The number of nitrogens with two attached hydrogens (primary N) is 1. The van der Waals surface area contributed by atoms with Gasteiger partial charge in [-0.2, -0.15) is 0 Å². The molecule has 0 aromatic heterocycles. The van der Waals surface area contributed by atoms with Crippen LogP contribution in [0.25, 0.3) is 0 Å². The van der Waals surface area contributed by atoms with Crippen molar-refractivity contribution in [1.82, 2.24) is 5.32 Å². The minimum Gasteiger partial charge on any atom is -0.356 e. The molecule has 3 N–H and O–H groups in total. The molecule has 0 radical (unpaired) electrons. The second kappa shape index (κ2) is 7.11. The van der Waals surface area contributed by atoms with Gasteiger partial charge in [0.1, 0.15) is 0 Å². The van der Waals surface area contributed by atoms with Gasteiger partial charge in [-0.05, 0) is 19.3 Å². The highest BCUT2D eigenvalue weighted by atomic mass is 32.2. The van der Waals surface area contributed by atoms with Crippen LogP contribution >= 0.6 is 0 Å². The van der Waals surface area contributed by atoms with Crippen LogP contribution in [0.5, 0.6) is 0 Å². The van der Waals surface area contributed by atoms with E-state index in [9.17, 15) is 9.00 Å².